The lowest BCUT2D eigenvalue weighted by Crippen LogP contribution is -1.95. The smallest absolute Gasteiger partial charge is 0.0178 e. The minimum atomic E-state index is 0.498. The van der Waals surface area contributed by atoms with Crippen LogP contribution in [0.3, 0.4) is 0 Å². The summed E-state index contributed by atoms with van der Waals surface area (Å²) in [7, 11) is 0. The second kappa shape index (κ2) is 6.41. The number of hydrogen-bond acceptors (Lipinski definition) is 0. The number of rotatable bonds is 6. The van der Waals surface area contributed by atoms with Gasteiger partial charge in [0.05, 0.1) is 0 Å². The minimum Gasteiger partial charge on any atom is -0.103 e. The molecule has 0 aliphatic rings. The molecule has 0 amide bonds. The van der Waals surface area contributed by atoms with E-state index in [9.17, 15) is 0 Å². The molecule has 0 bridgehead atoms. The standard InChI is InChI=1S/C21H22/c1-6-15(3)12-18-8-9-21-14-19(10-11-20(21)13-18)17(5)16(4)7-2/h6-11,13-15H,1-2,4-5,12H2,3H3. The molecule has 0 aliphatic heterocycles. The predicted molar refractivity (Wildman–Crippen MR) is 95.4 cm³/mol. The van der Waals surface area contributed by atoms with Crippen LogP contribution in [0.4, 0.5) is 0 Å². The maximum absolute atomic E-state index is 4.09. The van der Waals surface area contributed by atoms with Crippen molar-refractivity contribution in [3.05, 3.63) is 91.6 Å². The molecule has 0 aromatic heterocycles. The molecule has 0 saturated carbocycles. The zero-order valence-corrected chi connectivity index (χ0v) is 12.7. The van der Waals surface area contributed by atoms with Crippen LogP contribution in [0.2, 0.25) is 0 Å². The topological polar surface area (TPSA) is 0 Å². The molecule has 2 aromatic rings. The fraction of sp³-hybridized carbons (Fsp3) is 0.143. The molecule has 106 valence electrons. The maximum atomic E-state index is 4.09. The van der Waals surface area contributed by atoms with E-state index < -0.39 is 0 Å². The Morgan fingerprint density at radius 2 is 1.71 bits per heavy atom. The average molecular weight is 274 g/mol. The van der Waals surface area contributed by atoms with E-state index in [4.69, 9.17) is 0 Å². The minimum absolute atomic E-state index is 0.498. The molecule has 0 heterocycles. The van der Waals surface area contributed by atoms with Crippen molar-refractivity contribution in [1.82, 2.24) is 0 Å². The van der Waals surface area contributed by atoms with Gasteiger partial charge in [0.1, 0.15) is 0 Å². The van der Waals surface area contributed by atoms with E-state index in [1.165, 1.54) is 16.3 Å². The molecule has 1 unspecified atom stereocenters. The normalized spacial score (nSPS) is 11.9. The van der Waals surface area contributed by atoms with Gasteiger partial charge in [0, 0.05) is 0 Å². The van der Waals surface area contributed by atoms with Gasteiger partial charge in [-0.05, 0) is 51.5 Å². The number of hydrogen-bond donors (Lipinski definition) is 0. The highest BCUT2D eigenvalue weighted by molar-refractivity contribution is 5.89. The Bertz CT molecular complexity index is 716. The van der Waals surface area contributed by atoms with E-state index in [0.717, 1.165) is 23.1 Å². The summed E-state index contributed by atoms with van der Waals surface area (Å²) in [6.07, 6.45) is 4.77. The molecule has 0 heteroatoms. The van der Waals surface area contributed by atoms with E-state index in [1.54, 1.807) is 6.08 Å². The maximum Gasteiger partial charge on any atom is -0.0178 e. The number of allylic oxidation sites excluding steroid dienone is 4. The van der Waals surface area contributed by atoms with E-state index in [2.05, 4.69) is 69.6 Å². The Balaban J connectivity index is 2.35. The van der Waals surface area contributed by atoms with Gasteiger partial charge < -0.3 is 0 Å². The second-order valence-corrected chi connectivity index (χ2v) is 5.52. The van der Waals surface area contributed by atoms with Crippen molar-refractivity contribution >= 4 is 16.3 Å². The third-order valence-corrected chi connectivity index (χ3v) is 3.85. The highest BCUT2D eigenvalue weighted by Gasteiger charge is 2.04. The van der Waals surface area contributed by atoms with Crippen LogP contribution in [-0.4, -0.2) is 0 Å². The van der Waals surface area contributed by atoms with E-state index in [1.807, 2.05) is 6.08 Å². The van der Waals surface area contributed by atoms with Crippen molar-refractivity contribution < 1.29 is 0 Å². The van der Waals surface area contributed by atoms with Crippen LogP contribution in [0.1, 0.15) is 18.1 Å². The van der Waals surface area contributed by atoms with Gasteiger partial charge in [-0.15, -0.1) is 6.58 Å². The highest BCUT2D eigenvalue weighted by atomic mass is 14.1. The molecule has 2 rings (SSSR count). The SMILES string of the molecule is C=CC(=C)C(=C)c1ccc2cc(CC(C)C=C)ccc2c1. The Morgan fingerprint density at radius 3 is 2.38 bits per heavy atom. The van der Waals surface area contributed by atoms with Gasteiger partial charge in [0.25, 0.3) is 0 Å². The fourth-order valence-electron chi connectivity index (χ4n) is 2.37. The predicted octanol–water partition coefficient (Wildman–Crippen LogP) is 5.96. The molecule has 0 aliphatic carbocycles. The quantitative estimate of drug-likeness (QED) is 0.450. The van der Waals surface area contributed by atoms with Gasteiger partial charge in [-0.25, -0.2) is 0 Å². The van der Waals surface area contributed by atoms with Gasteiger partial charge in [0.2, 0.25) is 0 Å². The van der Waals surface area contributed by atoms with Crippen LogP contribution < -0.4 is 0 Å². The third kappa shape index (κ3) is 3.41. The van der Waals surface area contributed by atoms with Gasteiger partial charge in [0.15, 0.2) is 0 Å². The van der Waals surface area contributed by atoms with Crippen LogP contribution in [-0.2, 0) is 6.42 Å². The monoisotopic (exact) mass is 274 g/mol. The zero-order valence-electron chi connectivity index (χ0n) is 12.7. The first-order valence-corrected chi connectivity index (χ1v) is 7.21. The fourth-order valence-corrected chi connectivity index (χ4v) is 2.37. The van der Waals surface area contributed by atoms with Gasteiger partial charge in [-0.1, -0.05) is 69.1 Å². The molecule has 1 atom stereocenters. The van der Waals surface area contributed by atoms with Crippen molar-refractivity contribution in [2.24, 2.45) is 5.92 Å². The van der Waals surface area contributed by atoms with Crippen molar-refractivity contribution in [3.8, 4) is 0 Å². The number of benzene rings is 2. The van der Waals surface area contributed by atoms with Gasteiger partial charge in [-0.2, -0.15) is 0 Å². The first kappa shape index (κ1) is 15.1. The summed E-state index contributed by atoms with van der Waals surface area (Å²) in [5.74, 6) is 0.498. The van der Waals surface area contributed by atoms with Crippen molar-refractivity contribution in [1.29, 1.82) is 0 Å². The zero-order chi connectivity index (χ0) is 15.4. The van der Waals surface area contributed by atoms with Crippen molar-refractivity contribution in [2.45, 2.75) is 13.3 Å². The van der Waals surface area contributed by atoms with E-state index in [0.29, 0.717) is 5.92 Å². The van der Waals surface area contributed by atoms with E-state index >= 15 is 0 Å². The van der Waals surface area contributed by atoms with Crippen molar-refractivity contribution in [3.63, 3.8) is 0 Å². The first-order chi connectivity index (χ1) is 10.0. The average Bonchev–Trinajstić information content (AvgIpc) is 2.52. The summed E-state index contributed by atoms with van der Waals surface area (Å²) in [6.45, 7) is 17.8. The summed E-state index contributed by atoms with van der Waals surface area (Å²) in [5.41, 5.74) is 4.23. The molecule has 0 saturated heterocycles. The van der Waals surface area contributed by atoms with Gasteiger partial charge in [-0.3, -0.25) is 0 Å². The lowest BCUT2D eigenvalue weighted by molar-refractivity contribution is 0.726. The second-order valence-electron chi connectivity index (χ2n) is 5.52. The summed E-state index contributed by atoms with van der Waals surface area (Å²) < 4.78 is 0. The highest BCUT2D eigenvalue weighted by Crippen LogP contribution is 2.26. The van der Waals surface area contributed by atoms with Crippen molar-refractivity contribution in [2.75, 3.05) is 0 Å². The molecule has 0 fully saturated rings. The number of fused-ring (bicyclic) bond motifs is 1. The molecular formula is C21H22. The van der Waals surface area contributed by atoms with Crippen LogP contribution in [0, 0.1) is 5.92 Å². The lowest BCUT2D eigenvalue weighted by Gasteiger charge is -2.10. The summed E-state index contributed by atoms with van der Waals surface area (Å²) in [5, 5.41) is 2.48. The first-order valence-electron chi connectivity index (χ1n) is 7.21. The Hall–Kier alpha value is -2.34. The summed E-state index contributed by atoms with van der Waals surface area (Å²) in [6, 6.07) is 13.0. The van der Waals surface area contributed by atoms with Crippen LogP contribution in [0.5, 0.6) is 0 Å². The third-order valence-electron chi connectivity index (χ3n) is 3.85. The summed E-state index contributed by atoms with van der Waals surface area (Å²) in [4.78, 5) is 0. The molecular weight excluding hydrogens is 252 g/mol. The largest absolute Gasteiger partial charge is 0.103 e. The molecule has 0 spiro atoms. The summed E-state index contributed by atoms with van der Waals surface area (Å²) >= 11 is 0. The van der Waals surface area contributed by atoms with Crippen LogP contribution in [0.25, 0.3) is 16.3 Å². The van der Waals surface area contributed by atoms with Crippen LogP contribution >= 0.6 is 0 Å². The van der Waals surface area contributed by atoms with Gasteiger partial charge >= 0.3 is 0 Å². The van der Waals surface area contributed by atoms with E-state index in [-0.39, 0.29) is 0 Å². The molecule has 21 heavy (non-hydrogen) atoms. The molecule has 2 aromatic carbocycles. The molecule has 0 N–H and O–H groups in total. The van der Waals surface area contributed by atoms with Crippen LogP contribution in [0.15, 0.2) is 80.4 Å². The molecule has 0 radical (unpaired) electrons. The Morgan fingerprint density at radius 1 is 1.05 bits per heavy atom. The Kier molecular flexibility index (Phi) is 4.59. The Labute approximate surface area is 127 Å². The molecule has 0 nitrogen and oxygen atoms in total. The lowest BCUT2D eigenvalue weighted by atomic mass is 9.95.